The Labute approximate surface area is 245 Å². The second-order valence-corrected chi connectivity index (χ2v) is 16.4. The van der Waals surface area contributed by atoms with Crippen molar-refractivity contribution in [3.05, 3.63) is 0 Å². The van der Waals surface area contributed by atoms with Crippen LogP contribution in [0.1, 0.15) is 125 Å². The molecule has 5 fully saturated rings. The molecule has 0 spiro atoms. The van der Waals surface area contributed by atoms with Gasteiger partial charge < -0.3 is 20.4 Å². The first-order chi connectivity index (χ1) is 18.9. The molecular weight excluding hydrogens is 496 g/mol. The predicted octanol–water partition coefficient (Wildman–Crippen LogP) is 6.41. The van der Waals surface area contributed by atoms with Gasteiger partial charge in [0.15, 0.2) is 0 Å². The Morgan fingerprint density at radius 2 is 1.73 bits per heavy atom. The molecule has 5 nitrogen and oxygen atoms in total. The van der Waals surface area contributed by atoms with E-state index in [1.54, 1.807) is 0 Å². The monoisotopic (exact) mass is 558 g/mol. The zero-order chi connectivity index (χ0) is 28.9. The SMILES string of the molecule is CC(C)C(O)CC[C@@H](C)[C@H]1CC[C@H]2C3[C@H](CCC12C)C1(C)CCC(NCCCN2CCCC2=O)C[C@@H]1C[C@@]3(C)O. The van der Waals surface area contributed by atoms with E-state index in [1.165, 1.54) is 44.9 Å². The van der Waals surface area contributed by atoms with Crippen molar-refractivity contribution in [2.45, 2.75) is 143 Å². The van der Waals surface area contributed by atoms with E-state index in [9.17, 15) is 15.0 Å². The maximum absolute atomic E-state index is 12.2. The van der Waals surface area contributed by atoms with Crippen molar-refractivity contribution in [1.29, 1.82) is 0 Å². The minimum Gasteiger partial charge on any atom is -0.393 e. The first kappa shape index (κ1) is 30.8. The van der Waals surface area contributed by atoms with Crippen LogP contribution in [0.15, 0.2) is 0 Å². The molecule has 5 unspecified atom stereocenters. The Morgan fingerprint density at radius 1 is 1.00 bits per heavy atom. The van der Waals surface area contributed by atoms with Crippen LogP contribution in [-0.2, 0) is 4.79 Å². The van der Waals surface area contributed by atoms with E-state index in [0.29, 0.717) is 58.3 Å². The number of carbonyl (C=O) groups is 1. The fourth-order valence-electron chi connectivity index (χ4n) is 11.3. The van der Waals surface area contributed by atoms with E-state index in [1.807, 2.05) is 4.90 Å². The number of rotatable bonds is 10. The summed E-state index contributed by atoms with van der Waals surface area (Å²) < 4.78 is 0. The lowest BCUT2D eigenvalue weighted by molar-refractivity contribution is -0.207. The summed E-state index contributed by atoms with van der Waals surface area (Å²) in [6.07, 6.45) is 14.5. The topological polar surface area (TPSA) is 72.8 Å². The molecule has 4 saturated carbocycles. The number of aliphatic hydroxyl groups is 2. The van der Waals surface area contributed by atoms with Gasteiger partial charge in [-0.1, -0.05) is 34.6 Å². The third-order valence-corrected chi connectivity index (χ3v) is 13.7. The van der Waals surface area contributed by atoms with Gasteiger partial charge in [-0.2, -0.15) is 0 Å². The van der Waals surface area contributed by atoms with Gasteiger partial charge in [0.05, 0.1) is 11.7 Å². The quantitative estimate of drug-likeness (QED) is 0.271. The standard InChI is InChI=1S/C35H62N2O3/c1-23(2)30(38)13-10-24(3)27-11-12-28-32-29(15-17-34(27,28)5)33(4)16-14-26(21-25(33)22-35(32,6)40)36-18-8-20-37-19-7-9-31(37)39/h23-30,32,36,38,40H,7-22H2,1-6H3/t24-,25-,26?,27-,28+,29+,30?,32?,33?,34?,35-/m1/s1. The Bertz CT molecular complexity index is 890. The maximum Gasteiger partial charge on any atom is 0.222 e. The van der Waals surface area contributed by atoms with Gasteiger partial charge in [-0.05, 0) is 143 Å². The van der Waals surface area contributed by atoms with Crippen LogP contribution in [-0.4, -0.2) is 58.4 Å². The Kier molecular flexibility index (Phi) is 9.08. The van der Waals surface area contributed by atoms with Gasteiger partial charge in [0.1, 0.15) is 0 Å². The van der Waals surface area contributed by atoms with Gasteiger partial charge in [-0.15, -0.1) is 0 Å². The highest BCUT2D eigenvalue weighted by atomic mass is 16.3. The number of hydrogen-bond donors (Lipinski definition) is 3. The molecular formula is C35H62N2O3. The summed E-state index contributed by atoms with van der Waals surface area (Å²) in [7, 11) is 0. The number of carbonyl (C=O) groups excluding carboxylic acids is 1. The lowest BCUT2D eigenvalue weighted by atomic mass is 9.41. The van der Waals surface area contributed by atoms with Crippen molar-refractivity contribution in [3.8, 4) is 0 Å². The third kappa shape index (κ3) is 5.66. The van der Waals surface area contributed by atoms with Crippen LogP contribution in [0.25, 0.3) is 0 Å². The van der Waals surface area contributed by atoms with Crippen molar-refractivity contribution in [1.82, 2.24) is 10.2 Å². The summed E-state index contributed by atoms with van der Waals surface area (Å²) in [5.41, 5.74) is 0.0939. The maximum atomic E-state index is 12.2. The second kappa shape index (κ2) is 11.8. The zero-order valence-corrected chi connectivity index (χ0v) is 26.8. The van der Waals surface area contributed by atoms with Crippen LogP contribution >= 0.6 is 0 Å². The summed E-state index contributed by atoms with van der Waals surface area (Å²) in [4.78, 5) is 14.0. The first-order valence-electron chi connectivity index (χ1n) is 17.3. The van der Waals surface area contributed by atoms with Crippen LogP contribution in [0.5, 0.6) is 0 Å². The summed E-state index contributed by atoms with van der Waals surface area (Å²) in [6.45, 7) is 16.9. The molecule has 3 N–H and O–H groups in total. The van der Waals surface area contributed by atoms with Gasteiger partial charge in [-0.25, -0.2) is 0 Å². The Balaban J connectivity index is 1.21. The third-order valence-electron chi connectivity index (χ3n) is 13.7. The molecule has 0 aromatic carbocycles. The highest BCUT2D eigenvalue weighted by Gasteiger charge is 2.65. The molecule has 4 aliphatic carbocycles. The van der Waals surface area contributed by atoms with E-state index >= 15 is 0 Å². The van der Waals surface area contributed by atoms with E-state index in [-0.39, 0.29) is 6.10 Å². The molecule has 1 saturated heterocycles. The highest BCUT2D eigenvalue weighted by Crippen LogP contribution is 2.70. The molecule has 5 aliphatic rings. The van der Waals surface area contributed by atoms with Crippen LogP contribution in [0.4, 0.5) is 0 Å². The van der Waals surface area contributed by atoms with Crippen LogP contribution in [0.2, 0.25) is 0 Å². The van der Waals surface area contributed by atoms with Gasteiger partial charge in [0.2, 0.25) is 5.91 Å². The lowest BCUT2D eigenvalue weighted by Gasteiger charge is -2.65. The van der Waals surface area contributed by atoms with Gasteiger partial charge in [0, 0.05) is 25.6 Å². The number of likely N-dealkylation sites (tertiary alicyclic amines) is 1. The van der Waals surface area contributed by atoms with Crippen LogP contribution in [0, 0.1) is 52.3 Å². The van der Waals surface area contributed by atoms with Gasteiger partial charge >= 0.3 is 0 Å². The summed E-state index contributed by atoms with van der Waals surface area (Å²) in [5.74, 6) is 4.32. The second-order valence-electron chi connectivity index (χ2n) is 16.4. The van der Waals surface area contributed by atoms with Gasteiger partial charge in [0.25, 0.3) is 0 Å². The molecule has 40 heavy (non-hydrogen) atoms. The average molecular weight is 559 g/mol. The van der Waals surface area contributed by atoms with E-state index in [2.05, 4.69) is 46.9 Å². The van der Waals surface area contributed by atoms with Crippen LogP contribution < -0.4 is 5.32 Å². The number of nitrogens with one attached hydrogen (secondary N) is 1. The fraction of sp³-hybridized carbons (Fsp3) is 0.971. The van der Waals surface area contributed by atoms with Gasteiger partial charge in [-0.3, -0.25) is 4.79 Å². The molecule has 1 amide bonds. The molecule has 5 heteroatoms. The molecule has 0 aromatic heterocycles. The summed E-state index contributed by atoms with van der Waals surface area (Å²) >= 11 is 0. The molecule has 1 aliphatic heterocycles. The highest BCUT2D eigenvalue weighted by molar-refractivity contribution is 5.77. The summed E-state index contributed by atoms with van der Waals surface area (Å²) in [6, 6.07) is 0.548. The van der Waals surface area contributed by atoms with Crippen molar-refractivity contribution >= 4 is 5.91 Å². The number of fused-ring (bicyclic) bond motifs is 5. The molecule has 0 bridgehead atoms. The lowest BCUT2D eigenvalue weighted by Crippen LogP contribution is -2.63. The minimum atomic E-state index is -0.578. The van der Waals surface area contributed by atoms with Crippen molar-refractivity contribution < 1.29 is 15.0 Å². The molecule has 0 radical (unpaired) electrons. The van der Waals surface area contributed by atoms with E-state index in [0.717, 1.165) is 64.1 Å². The number of aliphatic hydroxyl groups excluding tert-OH is 1. The minimum absolute atomic E-state index is 0.182. The van der Waals surface area contributed by atoms with E-state index < -0.39 is 5.60 Å². The van der Waals surface area contributed by atoms with Crippen LogP contribution in [0.3, 0.4) is 0 Å². The number of nitrogens with zero attached hydrogens (tertiary/aromatic N) is 1. The fourth-order valence-corrected chi connectivity index (χ4v) is 11.3. The molecule has 11 atom stereocenters. The first-order valence-corrected chi connectivity index (χ1v) is 17.3. The smallest absolute Gasteiger partial charge is 0.222 e. The van der Waals surface area contributed by atoms with Crippen molar-refractivity contribution in [2.75, 3.05) is 19.6 Å². The largest absolute Gasteiger partial charge is 0.393 e. The number of amides is 1. The Morgan fingerprint density at radius 3 is 2.42 bits per heavy atom. The molecule has 230 valence electrons. The molecule has 1 heterocycles. The van der Waals surface area contributed by atoms with Crippen molar-refractivity contribution in [3.63, 3.8) is 0 Å². The average Bonchev–Trinajstić information content (AvgIpc) is 3.47. The Hall–Kier alpha value is -0.650. The zero-order valence-electron chi connectivity index (χ0n) is 26.8. The molecule has 5 rings (SSSR count). The normalized spacial score (nSPS) is 44.8. The predicted molar refractivity (Wildman–Crippen MR) is 163 cm³/mol. The summed E-state index contributed by atoms with van der Waals surface area (Å²) in [5, 5.41) is 26.5. The molecule has 0 aromatic rings. The van der Waals surface area contributed by atoms with Crippen molar-refractivity contribution in [2.24, 2.45) is 52.3 Å². The van der Waals surface area contributed by atoms with E-state index in [4.69, 9.17) is 0 Å². The number of hydrogen-bond acceptors (Lipinski definition) is 4.